The number of fused-ring (bicyclic) bond motifs is 1. The molecular weight excluding hydrogens is 310 g/mol. The number of dihydropyridines is 1. The van der Waals surface area contributed by atoms with Crippen LogP contribution in [0.25, 0.3) is 0 Å². The average Bonchev–Trinajstić information content (AvgIpc) is 2.69. The first-order valence-corrected chi connectivity index (χ1v) is 7.96. The Morgan fingerprint density at radius 1 is 1.00 bits per heavy atom. The Labute approximate surface area is 145 Å². The van der Waals surface area contributed by atoms with Gasteiger partial charge in [0.05, 0.1) is 17.3 Å². The van der Waals surface area contributed by atoms with Gasteiger partial charge in [-0.25, -0.2) is 9.98 Å². The summed E-state index contributed by atoms with van der Waals surface area (Å²) in [6.07, 6.45) is 13.5. The maximum Gasteiger partial charge on any atom is 0.172 e. The van der Waals surface area contributed by atoms with Crippen LogP contribution in [0.4, 0.5) is 0 Å². The molecule has 2 aromatic heterocycles. The number of nitrogens with zero attached hydrogens (tertiary/aromatic N) is 4. The second kappa shape index (κ2) is 6.57. The van der Waals surface area contributed by atoms with Crippen LogP contribution in [0.2, 0.25) is 0 Å². The molecule has 0 saturated heterocycles. The van der Waals surface area contributed by atoms with Gasteiger partial charge in [0.1, 0.15) is 11.5 Å². The number of allylic oxidation sites excluding steroid dienone is 4. The number of hydrogen-bond acceptors (Lipinski definition) is 3. The van der Waals surface area contributed by atoms with Crippen LogP contribution in [0, 0.1) is 11.3 Å². The molecule has 25 heavy (non-hydrogen) atoms. The molecule has 0 radical (unpaired) electrons. The molecule has 5 nitrogen and oxygen atoms in total. The van der Waals surface area contributed by atoms with E-state index in [0.717, 1.165) is 17.0 Å². The van der Waals surface area contributed by atoms with Gasteiger partial charge in [-0.1, -0.05) is 36.4 Å². The molecule has 1 aliphatic heterocycles. The van der Waals surface area contributed by atoms with Gasteiger partial charge < -0.3 is 0 Å². The Kier molecular flexibility index (Phi) is 3.96. The minimum Gasteiger partial charge on any atom is -0.281 e. The van der Waals surface area contributed by atoms with Gasteiger partial charge in [0, 0.05) is 12.4 Å². The van der Waals surface area contributed by atoms with Crippen molar-refractivity contribution >= 4 is 17.4 Å². The largest absolute Gasteiger partial charge is 0.281 e. The maximum atomic E-state index is 8.25. The van der Waals surface area contributed by atoms with Gasteiger partial charge in [0.15, 0.2) is 5.84 Å². The summed E-state index contributed by atoms with van der Waals surface area (Å²) in [6, 6.07) is 11.1. The summed E-state index contributed by atoms with van der Waals surface area (Å²) >= 11 is 0. The standard InChI is InChI=1S/C20H15N5/c21-19(17-10-4-6-12-23-17)25-20-15-8-2-1-7-14(15)13-18(24-20)16-9-3-5-11-22-16/h1-13,15,21H. The molecule has 4 rings (SSSR count). The predicted octanol–water partition coefficient (Wildman–Crippen LogP) is 3.37. The zero-order valence-corrected chi connectivity index (χ0v) is 13.4. The van der Waals surface area contributed by atoms with E-state index in [1.807, 2.05) is 60.7 Å². The van der Waals surface area contributed by atoms with Crippen molar-refractivity contribution < 1.29 is 0 Å². The number of amidine groups is 2. The third-order valence-electron chi connectivity index (χ3n) is 3.94. The molecule has 1 atom stereocenters. The summed E-state index contributed by atoms with van der Waals surface area (Å²) in [7, 11) is 0. The van der Waals surface area contributed by atoms with Crippen LogP contribution in [0.5, 0.6) is 0 Å². The third kappa shape index (κ3) is 3.12. The molecule has 0 saturated carbocycles. The molecule has 0 amide bonds. The van der Waals surface area contributed by atoms with Crippen LogP contribution in [0.1, 0.15) is 11.4 Å². The van der Waals surface area contributed by atoms with Crippen LogP contribution < -0.4 is 0 Å². The monoisotopic (exact) mass is 325 g/mol. The highest BCUT2D eigenvalue weighted by atomic mass is 15.0. The lowest BCUT2D eigenvalue weighted by molar-refractivity contribution is 1.02. The second-order valence-electron chi connectivity index (χ2n) is 5.61. The van der Waals surface area contributed by atoms with E-state index in [1.54, 1.807) is 18.5 Å². The normalized spacial score (nSPS) is 20.0. The highest BCUT2D eigenvalue weighted by molar-refractivity contribution is 6.19. The van der Waals surface area contributed by atoms with Gasteiger partial charge in [0.2, 0.25) is 0 Å². The van der Waals surface area contributed by atoms with Crippen LogP contribution in [-0.2, 0) is 0 Å². The molecular formula is C20H15N5. The summed E-state index contributed by atoms with van der Waals surface area (Å²) < 4.78 is 0. The molecule has 0 spiro atoms. The lowest BCUT2D eigenvalue weighted by Gasteiger charge is -2.22. The lowest BCUT2D eigenvalue weighted by Crippen LogP contribution is -2.23. The molecule has 120 valence electrons. The Bertz CT molecular complexity index is 950. The zero-order chi connectivity index (χ0) is 17.1. The molecule has 0 aromatic carbocycles. The molecule has 1 unspecified atom stereocenters. The minimum atomic E-state index is -0.0541. The number of aliphatic imine (C=N–C) groups is 2. The number of aromatic nitrogens is 2. The molecule has 3 heterocycles. The van der Waals surface area contributed by atoms with E-state index in [1.165, 1.54) is 0 Å². The number of rotatable bonds is 2. The van der Waals surface area contributed by atoms with Crippen molar-refractivity contribution in [3.63, 3.8) is 0 Å². The third-order valence-corrected chi connectivity index (χ3v) is 3.94. The average molecular weight is 325 g/mol. The highest BCUT2D eigenvalue weighted by Gasteiger charge is 2.24. The van der Waals surface area contributed by atoms with Crippen molar-refractivity contribution in [2.45, 2.75) is 0 Å². The van der Waals surface area contributed by atoms with Crippen LogP contribution >= 0.6 is 0 Å². The van der Waals surface area contributed by atoms with Gasteiger partial charge in [-0.2, -0.15) is 0 Å². The van der Waals surface area contributed by atoms with Gasteiger partial charge >= 0.3 is 0 Å². The van der Waals surface area contributed by atoms with Crippen molar-refractivity contribution in [1.29, 1.82) is 5.41 Å². The van der Waals surface area contributed by atoms with Gasteiger partial charge in [-0.3, -0.25) is 15.4 Å². The Morgan fingerprint density at radius 2 is 1.84 bits per heavy atom. The zero-order valence-electron chi connectivity index (χ0n) is 13.4. The number of pyridine rings is 2. The lowest BCUT2D eigenvalue weighted by atomic mass is 9.89. The first-order valence-electron chi connectivity index (χ1n) is 7.96. The van der Waals surface area contributed by atoms with E-state index >= 15 is 0 Å². The molecule has 2 aromatic rings. The fraction of sp³-hybridized carbons (Fsp3) is 0.0500. The summed E-state index contributed by atoms with van der Waals surface area (Å²) in [4.78, 5) is 17.7. The van der Waals surface area contributed by atoms with E-state index in [2.05, 4.69) is 20.0 Å². The van der Waals surface area contributed by atoms with Crippen LogP contribution in [0.15, 0.2) is 94.7 Å². The molecule has 5 heteroatoms. The van der Waals surface area contributed by atoms with E-state index in [-0.39, 0.29) is 11.8 Å². The summed E-state index contributed by atoms with van der Waals surface area (Å²) in [5, 5.41) is 8.25. The van der Waals surface area contributed by atoms with Gasteiger partial charge in [-0.05, 0) is 35.9 Å². The Hall–Kier alpha value is -3.47. The maximum absolute atomic E-state index is 8.25. The highest BCUT2D eigenvalue weighted by Crippen LogP contribution is 2.26. The quantitative estimate of drug-likeness (QED) is 0.679. The second-order valence-corrected chi connectivity index (χ2v) is 5.61. The van der Waals surface area contributed by atoms with Crippen molar-refractivity contribution in [3.05, 3.63) is 96.1 Å². The first-order chi connectivity index (χ1) is 12.3. The smallest absolute Gasteiger partial charge is 0.172 e. The number of nitrogens with one attached hydrogen (secondary N) is 1. The van der Waals surface area contributed by atoms with E-state index in [0.29, 0.717) is 11.5 Å². The fourth-order valence-corrected chi connectivity index (χ4v) is 2.73. The summed E-state index contributed by atoms with van der Waals surface area (Å²) in [6.45, 7) is 0. The molecule has 0 bridgehead atoms. The summed E-state index contributed by atoms with van der Waals surface area (Å²) in [5.74, 6) is 0.625. The van der Waals surface area contributed by atoms with E-state index in [4.69, 9.17) is 5.41 Å². The van der Waals surface area contributed by atoms with Crippen LogP contribution in [0.3, 0.4) is 0 Å². The van der Waals surface area contributed by atoms with Crippen molar-refractivity contribution in [2.75, 3.05) is 0 Å². The predicted molar refractivity (Wildman–Crippen MR) is 99.1 cm³/mol. The van der Waals surface area contributed by atoms with Gasteiger partial charge in [-0.15, -0.1) is 0 Å². The Morgan fingerprint density at radius 3 is 2.60 bits per heavy atom. The molecule has 1 N–H and O–H groups in total. The molecule has 1 aliphatic carbocycles. The SMILES string of the molecule is N=C(N=C1N=C(c2ccccn2)C=C2C=CC=CC21)c1ccccn1. The van der Waals surface area contributed by atoms with E-state index in [9.17, 15) is 0 Å². The molecule has 2 aliphatic rings. The van der Waals surface area contributed by atoms with Gasteiger partial charge in [0.25, 0.3) is 0 Å². The van der Waals surface area contributed by atoms with E-state index < -0.39 is 0 Å². The first kappa shape index (κ1) is 15.1. The molecule has 0 fully saturated rings. The number of hydrogen-bond donors (Lipinski definition) is 1. The van der Waals surface area contributed by atoms with Crippen molar-refractivity contribution in [2.24, 2.45) is 15.9 Å². The van der Waals surface area contributed by atoms with Crippen molar-refractivity contribution in [3.8, 4) is 0 Å². The Balaban J connectivity index is 1.77. The summed E-state index contributed by atoms with van der Waals surface area (Å²) in [5.41, 5.74) is 3.15. The topological polar surface area (TPSA) is 74.3 Å². The fourth-order valence-electron chi connectivity index (χ4n) is 2.73. The van der Waals surface area contributed by atoms with Crippen molar-refractivity contribution in [1.82, 2.24) is 9.97 Å². The van der Waals surface area contributed by atoms with Crippen LogP contribution in [-0.4, -0.2) is 27.4 Å². The minimum absolute atomic E-state index is 0.0541.